The molecule has 1 aliphatic rings. The first-order valence-electron chi connectivity index (χ1n) is 8.96. The van der Waals surface area contributed by atoms with Crippen LogP contribution in [0.5, 0.6) is 0 Å². The minimum absolute atomic E-state index is 0.0518. The summed E-state index contributed by atoms with van der Waals surface area (Å²) < 4.78 is 45.5. The van der Waals surface area contributed by atoms with E-state index in [1.165, 1.54) is 35.6 Å². The maximum atomic E-state index is 12.8. The van der Waals surface area contributed by atoms with E-state index >= 15 is 0 Å². The summed E-state index contributed by atoms with van der Waals surface area (Å²) in [6.07, 6.45) is 2.91. The molecule has 0 saturated heterocycles. The molecular weight excluding hydrogens is 359 g/mol. The third-order valence-electron chi connectivity index (χ3n) is 4.77. The van der Waals surface area contributed by atoms with E-state index in [1.54, 1.807) is 0 Å². The first-order chi connectivity index (χ1) is 12.8. The SMILES string of the molecule is C[C@H]1CCCC[C@H]1OCC(=O)Nc1cnn(-c2cccc(C(F)(F)F)c2)c1. The smallest absolute Gasteiger partial charge is 0.368 e. The number of aromatic nitrogens is 2. The van der Waals surface area contributed by atoms with Gasteiger partial charge in [0.1, 0.15) is 6.61 Å². The van der Waals surface area contributed by atoms with Gasteiger partial charge in [-0.3, -0.25) is 4.79 Å². The van der Waals surface area contributed by atoms with Crippen LogP contribution in [0, 0.1) is 5.92 Å². The summed E-state index contributed by atoms with van der Waals surface area (Å²) in [6, 6.07) is 4.84. The Kier molecular flexibility index (Phi) is 5.84. The van der Waals surface area contributed by atoms with Gasteiger partial charge in [0.2, 0.25) is 5.91 Å². The van der Waals surface area contributed by atoms with Crippen LogP contribution in [0.2, 0.25) is 0 Å². The molecule has 8 heteroatoms. The number of amides is 1. The lowest BCUT2D eigenvalue weighted by molar-refractivity contribution is -0.137. The lowest BCUT2D eigenvalue weighted by Gasteiger charge is -2.28. The van der Waals surface area contributed by atoms with Gasteiger partial charge in [0, 0.05) is 0 Å². The quantitative estimate of drug-likeness (QED) is 0.834. The Morgan fingerprint density at radius 1 is 1.33 bits per heavy atom. The predicted molar refractivity (Wildman–Crippen MR) is 94.6 cm³/mol. The van der Waals surface area contributed by atoms with E-state index < -0.39 is 11.7 Å². The third kappa shape index (κ3) is 5.09. The van der Waals surface area contributed by atoms with Gasteiger partial charge in [-0.2, -0.15) is 18.3 Å². The lowest BCUT2D eigenvalue weighted by Crippen LogP contribution is -2.29. The normalized spacial score (nSPS) is 20.4. The number of alkyl halides is 3. The number of hydrogen-bond donors (Lipinski definition) is 1. The zero-order valence-corrected chi connectivity index (χ0v) is 15.0. The van der Waals surface area contributed by atoms with Gasteiger partial charge in [0.05, 0.1) is 35.4 Å². The second kappa shape index (κ2) is 8.12. The number of anilines is 1. The van der Waals surface area contributed by atoms with Crippen molar-refractivity contribution in [3.63, 3.8) is 0 Å². The summed E-state index contributed by atoms with van der Waals surface area (Å²) in [5, 5.41) is 6.68. The fourth-order valence-corrected chi connectivity index (χ4v) is 3.26. The molecule has 1 aromatic carbocycles. The molecule has 0 unspecified atom stereocenters. The minimum Gasteiger partial charge on any atom is -0.368 e. The van der Waals surface area contributed by atoms with Crippen molar-refractivity contribution >= 4 is 11.6 Å². The predicted octanol–water partition coefficient (Wildman–Crippen LogP) is 4.42. The van der Waals surface area contributed by atoms with Crippen molar-refractivity contribution in [3.8, 4) is 5.69 Å². The summed E-state index contributed by atoms with van der Waals surface area (Å²) >= 11 is 0. The van der Waals surface area contributed by atoms with Crippen LogP contribution < -0.4 is 5.32 Å². The highest BCUT2D eigenvalue weighted by molar-refractivity contribution is 5.91. The molecule has 1 heterocycles. The molecule has 0 bridgehead atoms. The summed E-state index contributed by atoms with van der Waals surface area (Å²) in [4.78, 5) is 12.1. The van der Waals surface area contributed by atoms with E-state index in [0.29, 0.717) is 11.6 Å². The van der Waals surface area contributed by atoms with E-state index in [2.05, 4.69) is 17.3 Å². The number of hydrogen-bond acceptors (Lipinski definition) is 3. The molecule has 1 saturated carbocycles. The van der Waals surface area contributed by atoms with Gasteiger partial charge in [-0.1, -0.05) is 25.8 Å². The Morgan fingerprint density at radius 2 is 2.11 bits per heavy atom. The fraction of sp³-hybridized carbons (Fsp3) is 0.474. The Hall–Kier alpha value is -2.35. The van der Waals surface area contributed by atoms with Gasteiger partial charge in [-0.25, -0.2) is 4.68 Å². The number of benzene rings is 1. The Bertz CT molecular complexity index is 789. The molecule has 1 fully saturated rings. The molecule has 1 N–H and O–H groups in total. The number of ether oxygens (including phenoxy) is 1. The number of nitrogens with zero attached hydrogens (tertiary/aromatic N) is 2. The highest BCUT2D eigenvalue weighted by atomic mass is 19.4. The first-order valence-corrected chi connectivity index (χ1v) is 8.96. The van der Waals surface area contributed by atoms with E-state index in [1.807, 2.05) is 0 Å². The second-order valence-corrected chi connectivity index (χ2v) is 6.88. The number of halogens is 3. The van der Waals surface area contributed by atoms with Crippen LogP contribution in [-0.4, -0.2) is 28.4 Å². The van der Waals surface area contributed by atoms with Crippen LogP contribution in [0.1, 0.15) is 38.2 Å². The average Bonchev–Trinajstić information content (AvgIpc) is 3.09. The fourth-order valence-electron chi connectivity index (χ4n) is 3.26. The number of carbonyl (C=O) groups excluding carboxylic acids is 1. The van der Waals surface area contributed by atoms with Crippen molar-refractivity contribution in [1.82, 2.24) is 9.78 Å². The maximum absolute atomic E-state index is 12.8. The molecule has 3 rings (SSSR count). The molecule has 0 spiro atoms. The van der Waals surface area contributed by atoms with Crippen molar-refractivity contribution in [2.45, 2.75) is 44.9 Å². The number of rotatable bonds is 5. The van der Waals surface area contributed by atoms with E-state index in [-0.39, 0.29) is 24.3 Å². The maximum Gasteiger partial charge on any atom is 0.416 e. The molecule has 27 heavy (non-hydrogen) atoms. The van der Waals surface area contributed by atoms with Gasteiger partial charge in [0.15, 0.2) is 0 Å². The minimum atomic E-state index is -4.42. The Labute approximate surface area is 155 Å². The monoisotopic (exact) mass is 381 g/mol. The van der Waals surface area contributed by atoms with Crippen LogP contribution in [0.25, 0.3) is 5.69 Å². The number of carbonyl (C=O) groups is 1. The van der Waals surface area contributed by atoms with E-state index in [0.717, 1.165) is 31.4 Å². The van der Waals surface area contributed by atoms with Crippen LogP contribution in [0.4, 0.5) is 18.9 Å². The zero-order valence-electron chi connectivity index (χ0n) is 15.0. The summed E-state index contributed by atoms with van der Waals surface area (Å²) in [6.45, 7) is 2.07. The molecule has 146 valence electrons. The summed E-state index contributed by atoms with van der Waals surface area (Å²) in [5.74, 6) is 0.131. The second-order valence-electron chi connectivity index (χ2n) is 6.88. The van der Waals surface area contributed by atoms with Crippen LogP contribution in [0.15, 0.2) is 36.7 Å². The van der Waals surface area contributed by atoms with Crippen LogP contribution in [-0.2, 0) is 15.7 Å². The van der Waals surface area contributed by atoms with Crippen LogP contribution in [0.3, 0.4) is 0 Å². The van der Waals surface area contributed by atoms with Crippen LogP contribution >= 0.6 is 0 Å². The third-order valence-corrected chi connectivity index (χ3v) is 4.77. The molecule has 2 atom stereocenters. The first kappa shape index (κ1) is 19.4. The zero-order chi connectivity index (χ0) is 19.4. The Balaban J connectivity index is 1.58. The standard InChI is InChI=1S/C19H22F3N3O2/c1-13-5-2-3-8-17(13)27-12-18(26)24-15-10-23-25(11-15)16-7-4-6-14(9-16)19(20,21)22/h4,6-7,9-11,13,17H,2-3,5,8,12H2,1H3,(H,24,26)/t13-,17+/m0/s1. The summed E-state index contributed by atoms with van der Waals surface area (Å²) in [5.41, 5.74) is -0.0913. The van der Waals surface area contributed by atoms with Gasteiger partial charge >= 0.3 is 6.18 Å². The van der Waals surface area contributed by atoms with Gasteiger partial charge < -0.3 is 10.1 Å². The van der Waals surface area contributed by atoms with E-state index in [4.69, 9.17) is 4.74 Å². The average molecular weight is 381 g/mol. The topological polar surface area (TPSA) is 56.1 Å². The van der Waals surface area contributed by atoms with Crippen molar-refractivity contribution in [1.29, 1.82) is 0 Å². The summed E-state index contributed by atoms with van der Waals surface area (Å²) in [7, 11) is 0. The number of nitrogens with one attached hydrogen (secondary N) is 1. The lowest BCUT2D eigenvalue weighted by atomic mass is 9.88. The van der Waals surface area contributed by atoms with Crippen molar-refractivity contribution in [2.75, 3.05) is 11.9 Å². The van der Waals surface area contributed by atoms with Gasteiger partial charge in [-0.15, -0.1) is 0 Å². The van der Waals surface area contributed by atoms with E-state index in [9.17, 15) is 18.0 Å². The highest BCUT2D eigenvalue weighted by Crippen LogP contribution is 2.30. The van der Waals surface area contributed by atoms with Crippen molar-refractivity contribution < 1.29 is 22.7 Å². The molecule has 1 aromatic heterocycles. The molecular formula is C19H22F3N3O2. The molecule has 1 amide bonds. The largest absolute Gasteiger partial charge is 0.416 e. The molecule has 1 aliphatic carbocycles. The van der Waals surface area contributed by atoms with Crippen molar-refractivity contribution in [3.05, 3.63) is 42.2 Å². The highest BCUT2D eigenvalue weighted by Gasteiger charge is 2.30. The molecule has 2 aromatic rings. The molecule has 5 nitrogen and oxygen atoms in total. The Morgan fingerprint density at radius 3 is 2.85 bits per heavy atom. The van der Waals surface area contributed by atoms with Crippen molar-refractivity contribution in [2.24, 2.45) is 5.92 Å². The molecule has 0 radical (unpaired) electrons. The molecule has 0 aliphatic heterocycles. The van der Waals surface area contributed by atoms with Gasteiger partial charge in [-0.05, 0) is 37.0 Å². The van der Waals surface area contributed by atoms with Gasteiger partial charge in [0.25, 0.3) is 0 Å².